The maximum absolute atomic E-state index is 12.6. The summed E-state index contributed by atoms with van der Waals surface area (Å²) in [5.74, 6) is 0.0337. The topological polar surface area (TPSA) is 343 Å². The summed E-state index contributed by atoms with van der Waals surface area (Å²) >= 11 is 0. The van der Waals surface area contributed by atoms with E-state index in [2.05, 4.69) is 40.5 Å². The number of carbonyl (C=O) groups excluding carboxylic acids is 10. The number of ether oxygens (including phenoxy) is 10. The Morgan fingerprint density at radius 2 is 0.769 bits per heavy atom. The van der Waals surface area contributed by atoms with E-state index < -0.39 is 23.3 Å². The number of Topliss-reactive ketones (excluding diaryl/α,β-unsaturated/α-hetero) is 2. The van der Waals surface area contributed by atoms with Crippen molar-refractivity contribution in [1.82, 2.24) is 29.8 Å². The molecule has 0 radical (unpaired) electrons. The molecule has 0 bridgehead atoms. The maximum atomic E-state index is 12.6. The first-order valence-electron chi connectivity index (χ1n) is 50.5. The number of methoxy groups -OCH3 is 3. The van der Waals surface area contributed by atoms with Crippen LogP contribution in [0, 0.1) is 63.7 Å². The fraction of sp³-hybridized carbons (Fsp3) is 0.415. The lowest BCUT2D eigenvalue weighted by Gasteiger charge is -2.43. The zero-order chi connectivity index (χ0) is 105. The summed E-state index contributed by atoms with van der Waals surface area (Å²) in [4.78, 5) is 133. The van der Waals surface area contributed by atoms with Crippen LogP contribution >= 0.6 is 0 Å². The number of carbonyl (C=O) groups is 10. The molecule has 6 fully saturated rings. The summed E-state index contributed by atoms with van der Waals surface area (Å²) in [6.07, 6.45) is 11.4. The van der Waals surface area contributed by atoms with E-state index >= 15 is 0 Å². The predicted molar refractivity (Wildman–Crippen MR) is 554 cm³/mol. The Kier molecular flexibility index (Phi) is 44.4. The average molecular weight is 2000 g/mol. The number of amides is 5. The van der Waals surface area contributed by atoms with Gasteiger partial charge in [0.05, 0.1) is 59.7 Å². The van der Waals surface area contributed by atoms with Crippen LogP contribution in [0.5, 0.6) is 11.5 Å². The molecule has 6 heterocycles. The molecule has 1 unspecified atom stereocenters. The molecule has 1 atom stereocenters. The number of benzene rings is 9. The molecule has 1 aliphatic carbocycles. The minimum atomic E-state index is -0.883. The SMILES string of the molecule is CCOC(=O)C(C#N)C1(Cc2ccc(C)cc2)CCN(C(=O)OCc2ccccc2)CC1.COC(=O)CC1(Cc2ccc(OC)cc2)CCN(C(=O)OCc2ccccc2)CC1.COc1ccc(CC2(CC#N)CCN(C(=O)OCc3ccccc3)CC2)cc1.O=C1CC2(CCNCC2)Cc2ccccc21.O=C1CCN(C(=O)OCc2ccccc2)CC1.[C-]#[N+]C(C(=O)OCC)=C1CCN(C(=O)OCc2ccccc2)CC1. The van der Waals surface area contributed by atoms with Crippen molar-refractivity contribution in [2.45, 2.75) is 176 Å². The second-order valence-electron chi connectivity index (χ2n) is 38.1. The average Bonchev–Trinajstić information content (AvgIpc) is 0.759. The van der Waals surface area contributed by atoms with Crippen LogP contribution in [-0.4, -0.2) is 198 Å². The quantitative estimate of drug-likeness (QED) is 0.0228. The number of piperidine rings is 6. The smallest absolute Gasteiger partial charge is 0.410 e. The van der Waals surface area contributed by atoms with Gasteiger partial charge in [-0.2, -0.15) is 10.5 Å². The van der Waals surface area contributed by atoms with Gasteiger partial charge in [-0.25, -0.2) is 28.8 Å². The first kappa shape index (κ1) is 112. The van der Waals surface area contributed by atoms with E-state index in [1.165, 1.54) is 18.2 Å². The fourth-order valence-corrected chi connectivity index (χ4v) is 19.4. The molecular weight excluding hydrogens is 1860 g/mol. The molecule has 1 spiro atoms. The molecule has 29 heteroatoms. The van der Waals surface area contributed by atoms with Gasteiger partial charge in [0, 0.05) is 102 Å². The number of ketones is 2. The number of rotatable bonds is 26. The highest BCUT2D eigenvalue weighted by Gasteiger charge is 2.48. The van der Waals surface area contributed by atoms with Crippen LogP contribution in [0.15, 0.2) is 260 Å². The van der Waals surface area contributed by atoms with E-state index in [4.69, 9.17) is 53.9 Å². The normalized spacial score (nSPS) is 16.2. The number of nitriles is 2. The van der Waals surface area contributed by atoms with Gasteiger partial charge < -0.3 is 77.2 Å². The predicted octanol–water partition coefficient (Wildman–Crippen LogP) is 20.8. The lowest BCUT2D eigenvalue weighted by molar-refractivity contribution is -0.151. The Hall–Kier alpha value is -15.2. The van der Waals surface area contributed by atoms with Gasteiger partial charge in [0.15, 0.2) is 5.78 Å². The van der Waals surface area contributed by atoms with Crippen molar-refractivity contribution in [3.05, 3.63) is 333 Å². The highest BCUT2D eigenvalue weighted by molar-refractivity contribution is 5.99. The Balaban J connectivity index is 0.000000170. The third-order valence-corrected chi connectivity index (χ3v) is 28.0. The first-order chi connectivity index (χ1) is 71.3. The van der Waals surface area contributed by atoms with Crippen molar-refractivity contribution < 1.29 is 95.3 Å². The number of esters is 3. The van der Waals surface area contributed by atoms with Crippen LogP contribution in [0.2, 0.25) is 0 Å². The number of nitrogens with zero attached hydrogens (tertiary/aromatic N) is 8. The number of nitrogens with one attached hydrogen (secondary N) is 1. The van der Waals surface area contributed by atoms with Crippen molar-refractivity contribution in [2.75, 3.05) is 113 Å². The number of hydrogen-bond donors (Lipinski definition) is 1. The molecule has 6 aliphatic heterocycles. The standard InChI is InChI=1S/C26H30N2O4.C24H29NO5.C23H26N2O3.C18H20N2O4.C14H17NO.C13H15NO3/c1-3-31-24(29)23(18-27)26(17-21-11-9-20(2)10-12-21)13-15-28(16-14-26)25(30)32-19-22-7-5-4-6-8-22;1-28-21-10-8-19(9-11-21)16-24(17-22(26)29-2)12-14-25(15-13-24)23(27)30-18-20-6-4-3-5-7-20;1-27-21-9-7-19(8-10-21)17-23(11-14-24)12-15-25(16-13-23)22(26)28-18-20-5-3-2-4-6-20;1-3-23-17(21)16(19-2)15-9-11-20(12-10-15)18(22)24-13-14-7-5-4-6-8-14;16-13-10-14(5-7-15-8-6-14)9-11-3-1-2-4-12(11)13;15-12-6-8-14(9-7-12)13(16)17-10-11-4-2-1-3-5-11/h4-12,23H,3,13-17,19H2,1-2H3;3-11H,12-18H2,1-2H3;2-10H,11-13,15-18H2,1H3;4-8H,3,9-13H2,1H3;1-4,15H,5-10H2;1-5H,6-10H2. The van der Waals surface area contributed by atoms with E-state index in [0.29, 0.717) is 142 Å². The van der Waals surface area contributed by atoms with Gasteiger partial charge in [-0.15, -0.1) is 0 Å². The Bertz CT molecular complexity index is 5870. The highest BCUT2D eigenvalue weighted by Crippen LogP contribution is 2.46. The van der Waals surface area contributed by atoms with Crippen LogP contribution in [0.1, 0.15) is 176 Å². The first-order valence-corrected chi connectivity index (χ1v) is 50.5. The fourth-order valence-electron chi connectivity index (χ4n) is 19.4. The summed E-state index contributed by atoms with van der Waals surface area (Å²) in [6.45, 7) is 21.5. The van der Waals surface area contributed by atoms with Gasteiger partial charge in [0.25, 0.3) is 5.70 Å². The summed E-state index contributed by atoms with van der Waals surface area (Å²) in [7, 11) is 4.71. The van der Waals surface area contributed by atoms with Crippen LogP contribution in [0.25, 0.3) is 4.85 Å². The minimum Gasteiger partial charge on any atom is -0.497 e. The van der Waals surface area contributed by atoms with E-state index in [9.17, 15) is 58.5 Å². The van der Waals surface area contributed by atoms with Gasteiger partial charge in [0.2, 0.25) is 0 Å². The largest absolute Gasteiger partial charge is 0.497 e. The molecule has 16 rings (SSSR count). The zero-order valence-corrected chi connectivity index (χ0v) is 85.4. The third-order valence-electron chi connectivity index (χ3n) is 28.0. The van der Waals surface area contributed by atoms with Crippen LogP contribution in [0.4, 0.5) is 24.0 Å². The summed E-state index contributed by atoms with van der Waals surface area (Å²) < 4.78 is 52.4. The second kappa shape index (κ2) is 58.1. The van der Waals surface area contributed by atoms with Gasteiger partial charge in [-0.3, -0.25) is 24.0 Å². The summed E-state index contributed by atoms with van der Waals surface area (Å²) in [5.41, 5.74) is 11.7. The van der Waals surface area contributed by atoms with Crippen LogP contribution < -0.4 is 14.8 Å². The van der Waals surface area contributed by atoms with Gasteiger partial charge >= 0.3 is 48.4 Å². The summed E-state index contributed by atoms with van der Waals surface area (Å²) in [6, 6.07) is 84.6. The molecule has 1 N–H and O–H groups in total. The zero-order valence-electron chi connectivity index (χ0n) is 85.4. The Labute approximate surface area is 863 Å². The molecule has 7 aliphatic rings. The lowest BCUT2D eigenvalue weighted by Crippen LogP contribution is -2.49. The molecular formula is C118H137N9O20. The maximum Gasteiger partial charge on any atom is 0.410 e. The Morgan fingerprint density at radius 3 is 1.15 bits per heavy atom. The summed E-state index contributed by atoms with van der Waals surface area (Å²) in [5, 5.41) is 22.6. The molecule has 5 amide bonds. The number of fused-ring (bicyclic) bond motifs is 1. The van der Waals surface area contributed by atoms with Gasteiger partial charge in [-0.1, -0.05) is 236 Å². The molecule has 9 aromatic rings. The number of likely N-dealkylation sites (tertiary alicyclic amines) is 5. The Morgan fingerprint density at radius 1 is 0.408 bits per heavy atom. The number of aryl methyl sites for hydroxylation is 1. The third kappa shape index (κ3) is 35.1. The highest BCUT2D eigenvalue weighted by atomic mass is 16.6. The monoisotopic (exact) mass is 2000 g/mol. The van der Waals surface area contributed by atoms with Gasteiger partial charge in [-0.05, 0) is 214 Å². The van der Waals surface area contributed by atoms with E-state index in [-0.39, 0.29) is 110 Å². The molecule has 0 saturated carbocycles. The molecule has 774 valence electrons. The minimum absolute atomic E-state index is 0.0501. The molecule has 147 heavy (non-hydrogen) atoms. The van der Waals surface area contributed by atoms with E-state index in [1.807, 2.05) is 237 Å². The van der Waals surface area contributed by atoms with E-state index in [1.54, 1.807) is 52.6 Å². The van der Waals surface area contributed by atoms with Crippen molar-refractivity contribution in [3.63, 3.8) is 0 Å². The van der Waals surface area contributed by atoms with Crippen LogP contribution in [0.3, 0.4) is 0 Å². The number of hydrogen-bond acceptors (Lipinski definition) is 23. The molecule has 6 saturated heterocycles. The second-order valence-corrected chi connectivity index (χ2v) is 38.1. The molecule has 9 aromatic carbocycles. The van der Waals surface area contributed by atoms with Crippen molar-refractivity contribution in [2.24, 2.45) is 27.6 Å². The van der Waals surface area contributed by atoms with E-state index in [0.717, 1.165) is 132 Å². The molecule has 0 aromatic heterocycles. The van der Waals surface area contributed by atoms with Crippen molar-refractivity contribution in [1.29, 1.82) is 10.5 Å². The van der Waals surface area contributed by atoms with Crippen molar-refractivity contribution >= 4 is 59.9 Å². The van der Waals surface area contributed by atoms with Crippen molar-refractivity contribution in [3.8, 4) is 23.6 Å². The molecule has 29 nitrogen and oxygen atoms in total. The van der Waals surface area contributed by atoms with Crippen LogP contribution in [-0.2, 0) is 116 Å². The lowest BCUT2D eigenvalue weighted by atomic mass is 9.65. The van der Waals surface area contributed by atoms with Gasteiger partial charge in [0.1, 0.15) is 56.2 Å².